The number of nitrogens with zero attached hydrogens (tertiary/aromatic N) is 2. The molecule has 0 saturated carbocycles. The van der Waals surface area contributed by atoms with E-state index in [1.165, 1.54) is 31.2 Å². The topological polar surface area (TPSA) is 105 Å². The maximum atomic E-state index is 10.8. The van der Waals surface area contributed by atoms with Gasteiger partial charge in [-0.25, -0.2) is 0 Å². The highest BCUT2D eigenvalue weighted by Crippen LogP contribution is 2.11. The highest BCUT2D eigenvalue weighted by atomic mass is 16.6. The molecule has 0 heterocycles. The first kappa shape index (κ1) is 11.6. The lowest BCUT2D eigenvalue weighted by Gasteiger charge is -2.03. The van der Waals surface area contributed by atoms with Gasteiger partial charge in [0.05, 0.1) is 4.92 Å². The molecule has 0 spiro atoms. The number of amides is 1. The van der Waals surface area contributed by atoms with E-state index in [4.69, 9.17) is 5.21 Å². The van der Waals surface area contributed by atoms with Crippen LogP contribution in [0.4, 0.5) is 5.69 Å². The quantitative estimate of drug-likeness (QED) is 0.255. The number of carbonyl (C=O) groups excluding carboxylic acids is 1. The molecule has 16 heavy (non-hydrogen) atoms. The fourth-order valence-electron chi connectivity index (χ4n) is 1.06. The predicted molar refractivity (Wildman–Crippen MR) is 55.2 cm³/mol. The van der Waals surface area contributed by atoms with Crippen LogP contribution in [-0.2, 0) is 4.79 Å². The number of amidine groups is 1. The summed E-state index contributed by atoms with van der Waals surface area (Å²) < 4.78 is 0. The number of non-ortho nitro benzene ring substituents is 1. The standard InChI is InChI=1S/C9H9N3O4/c1-6(13)10-9(11-14)7-2-4-8(5-3-7)12(15)16/h2-5,14H,1H3,(H,10,11,13). The summed E-state index contributed by atoms with van der Waals surface area (Å²) in [5.41, 5.74) is 0.298. The van der Waals surface area contributed by atoms with E-state index < -0.39 is 10.8 Å². The summed E-state index contributed by atoms with van der Waals surface area (Å²) in [4.78, 5) is 20.6. The highest BCUT2D eigenvalue weighted by Gasteiger charge is 2.09. The second-order valence-corrected chi connectivity index (χ2v) is 2.93. The maximum absolute atomic E-state index is 10.8. The molecule has 0 aliphatic rings. The number of oxime groups is 1. The SMILES string of the molecule is CC(=O)N/C(=N/O)c1ccc([N+](=O)[O-])cc1. The van der Waals surface area contributed by atoms with Crippen molar-refractivity contribution in [2.45, 2.75) is 6.92 Å². The van der Waals surface area contributed by atoms with Crippen molar-refractivity contribution < 1.29 is 14.9 Å². The van der Waals surface area contributed by atoms with Gasteiger partial charge in [-0.05, 0) is 12.1 Å². The van der Waals surface area contributed by atoms with Crippen LogP contribution >= 0.6 is 0 Å². The van der Waals surface area contributed by atoms with Crippen LogP contribution in [0.1, 0.15) is 12.5 Å². The van der Waals surface area contributed by atoms with Crippen LogP contribution in [0.15, 0.2) is 29.4 Å². The van der Waals surface area contributed by atoms with Crippen molar-refractivity contribution in [2.75, 3.05) is 0 Å². The van der Waals surface area contributed by atoms with E-state index in [0.717, 1.165) is 0 Å². The Morgan fingerprint density at radius 1 is 1.44 bits per heavy atom. The van der Waals surface area contributed by atoms with Gasteiger partial charge in [0.1, 0.15) is 0 Å². The first-order chi connectivity index (χ1) is 7.54. The maximum Gasteiger partial charge on any atom is 0.269 e. The van der Waals surface area contributed by atoms with E-state index in [0.29, 0.717) is 5.56 Å². The minimum absolute atomic E-state index is 0.0533. The van der Waals surface area contributed by atoms with E-state index in [1.807, 2.05) is 0 Å². The Balaban J connectivity index is 2.96. The van der Waals surface area contributed by atoms with Crippen LogP contribution in [0.25, 0.3) is 0 Å². The lowest BCUT2D eigenvalue weighted by molar-refractivity contribution is -0.384. The minimum Gasteiger partial charge on any atom is -0.409 e. The lowest BCUT2D eigenvalue weighted by Crippen LogP contribution is -2.28. The highest BCUT2D eigenvalue weighted by molar-refractivity contribution is 6.07. The van der Waals surface area contributed by atoms with Crippen LogP contribution in [0, 0.1) is 10.1 Å². The number of nitro groups is 1. The van der Waals surface area contributed by atoms with Crippen molar-refractivity contribution in [2.24, 2.45) is 5.16 Å². The first-order valence-corrected chi connectivity index (χ1v) is 4.29. The number of hydrogen-bond acceptors (Lipinski definition) is 5. The van der Waals surface area contributed by atoms with Gasteiger partial charge in [-0.1, -0.05) is 5.16 Å². The monoisotopic (exact) mass is 223 g/mol. The Bertz CT molecular complexity index is 439. The van der Waals surface area contributed by atoms with E-state index >= 15 is 0 Å². The fraction of sp³-hybridized carbons (Fsp3) is 0.111. The second-order valence-electron chi connectivity index (χ2n) is 2.93. The Kier molecular flexibility index (Phi) is 3.54. The molecular weight excluding hydrogens is 214 g/mol. The minimum atomic E-state index is -0.544. The van der Waals surface area contributed by atoms with E-state index in [-0.39, 0.29) is 11.5 Å². The number of rotatable bonds is 2. The van der Waals surface area contributed by atoms with E-state index in [9.17, 15) is 14.9 Å². The van der Waals surface area contributed by atoms with Crippen molar-refractivity contribution in [1.29, 1.82) is 0 Å². The van der Waals surface area contributed by atoms with Gasteiger partial charge in [0.15, 0.2) is 5.84 Å². The molecule has 0 radical (unpaired) electrons. The molecule has 7 heteroatoms. The normalized spacial score (nSPS) is 10.9. The van der Waals surface area contributed by atoms with Crippen molar-refractivity contribution in [3.8, 4) is 0 Å². The number of benzene rings is 1. The van der Waals surface area contributed by atoms with E-state index in [1.54, 1.807) is 0 Å². The molecule has 0 aliphatic heterocycles. The van der Waals surface area contributed by atoms with Crippen LogP contribution in [-0.4, -0.2) is 21.9 Å². The van der Waals surface area contributed by atoms with Gasteiger partial charge >= 0.3 is 0 Å². The predicted octanol–water partition coefficient (Wildman–Crippen LogP) is 0.867. The van der Waals surface area contributed by atoms with Gasteiger partial charge < -0.3 is 10.5 Å². The van der Waals surface area contributed by atoms with Crippen LogP contribution in [0.5, 0.6) is 0 Å². The second kappa shape index (κ2) is 4.87. The summed E-state index contributed by atoms with van der Waals surface area (Å²) >= 11 is 0. The molecule has 7 nitrogen and oxygen atoms in total. The number of nitro benzene ring substituents is 1. The zero-order valence-corrected chi connectivity index (χ0v) is 8.38. The molecule has 1 amide bonds. The number of nitrogens with one attached hydrogen (secondary N) is 1. The summed E-state index contributed by atoms with van der Waals surface area (Å²) in [6.07, 6.45) is 0. The Hall–Kier alpha value is -2.44. The molecule has 0 bridgehead atoms. The van der Waals surface area contributed by atoms with Crippen molar-refractivity contribution in [3.05, 3.63) is 39.9 Å². The molecule has 0 aromatic heterocycles. The number of hydrogen-bond donors (Lipinski definition) is 2. The Morgan fingerprint density at radius 3 is 2.38 bits per heavy atom. The largest absolute Gasteiger partial charge is 0.409 e. The molecular formula is C9H9N3O4. The summed E-state index contributed by atoms with van der Waals surface area (Å²) in [6.45, 7) is 1.26. The van der Waals surface area contributed by atoms with E-state index in [2.05, 4.69) is 10.5 Å². The molecule has 84 valence electrons. The summed E-state index contributed by atoms with van der Waals surface area (Å²) in [5.74, 6) is -0.450. The van der Waals surface area contributed by atoms with Crippen LogP contribution in [0.2, 0.25) is 0 Å². The third-order valence-corrected chi connectivity index (χ3v) is 1.75. The van der Waals surface area contributed by atoms with Gasteiger partial charge in [-0.15, -0.1) is 0 Å². The van der Waals surface area contributed by atoms with Gasteiger partial charge in [-0.2, -0.15) is 0 Å². The average molecular weight is 223 g/mol. The van der Waals surface area contributed by atoms with Gasteiger partial charge in [0.25, 0.3) is 5.69 Å². The Labute approximate surface area is 90.5 Å². The van der Waals surface area contributed by atoms with Gasteiger partial charge in [0, 0.05) is 24.6 Å². The Morgan fingerprint density at radius 2 is 2.00 bits per heavy atom. The van der Waals surface area contributed by atoms with Gasteiger partial charge in [0.2, 0.25) is 5.91 Å². The van der Waals surface area contributed by atoms with Crippen LogP contribution in [0.3, 0.4) is 0 Å². The molecule has 0 fully saturated rings. The smallest absolute Gasteiger partial charge is 0.269 e. The molecule has 0 atom stereocenters. The molecule has 1 rings (SSSR count). The molecule has 1 aromatic rings. The molecule has 0 unspecified atom stereocenters. The zero-order chi connectivity index (χ0) is 12.1. The fourth-order valence-corrected chi connectivity index (χ4v) is 1.06. The summed E-state index contributed by atoms with van der Waals surface area (Å²) in [7, 11) is 0. The average Bonchev–Trinajstić information content (AvgIpc) is 2.25. The molecule has 0 aliphatic carbocycles. The summed E-state index contributed by atoms with van der Waals surface area (Å²) in [6, 6.07) is 5.26. The molecule has 0 saturated heterocycles. The van der Waals surface area contributed by atoms with Gasteiger partial charge in [-0.3, -0.25) is 14.9 Å². The third kappa shape index (κ3) is 2.77. The molecule has 2 N–H and O–H groups in total. The zero-order valence-electron chi connectivity index (χ0n) is 8.38. The number of carbonyl (C=O) groups is 1. The van der Waals surface area contributed by atoms with Crippen molar-refractivity contribution in [1.82, 2.24) is 5.32 Å². The van der Waals surface area contributed by atoms with Crippen molar-refractivity contribution >= 4 is 17.4 Å². The lowest BCUT2D eigenvalue weighted by atomic mass is 10.2. The van der Waals surface area contributed by atoms with Crippen molar-refractivity contribution in [3.63, 3.8) is 0 Å². The molecule has 1 aromatic carbocycles. The van der Waals surface area contributed by atoms with Crippen LogP contribution < -0.4 is 5.32 Å². The third-order valence-electron chi connectivity index (χ3n) is 1.75. The summed E-state index contributed by atoms with van der Waals surface area (Å²) in [5, 5.41) is 24.2. The first-order valence-electron chi connectivity index (χ1n) is 4.29.